The molecule has 0 aliphatic rings. The van der Waals surface area contributed by atoms with Crippen molar-refractivity contribution in [2.75, 3.05) is 11.9 Å². The molecule has 1 N–H and O–H groups in total. The second kappa shape index (κ2) is 6.50. The summed E-state index contributed by atoms with van der Waals surface area (Å²) in [7, 11) is 0. The molecule has 2 aromatic rings. The van der Waals surface area contributed by atoms with Crippen molar-refractivity contribution in [3.63, 3.8) is 0 Å². The van der Waals surface area contributed by atoms with Crippen molar-refractivity contribution in [1.82, 2.24) is 9.78 Å². The summed E-state index contributed by atoms with van der Waals surface area (Å²) >= 11 is 0. The van der Waals surface area contributed by atoms with Crippen LogP contribution in [0.4, 0.5) is 18.9 Å². The van der Waals surface area contributed by atoms with Crippen molar-refractivity contribution in [1.29, 1.82) is 0 Å². The Labute approximate surface area is 124 Å². The molecule has 0 atom stereocenters. The lowest BCUT2D eigenvalue weighted by Crippen LogP contribution is -2.18. The van der Waals surface area contributed by atoms with E-state index in [1.807, 2.05) is 0 Å². The minimum atomic E-state index is -4.37. The number of amides is 1. The maximum absolute atomic E-state index is 12.3. The summed E-state index contributed by atoms with van der Waals surface area (Å²) in [5, 5.41) is 6.05. The molecule has 0 unspecified atom stereocenters. The molecule has 0 radical (unpaired) electrons. The van der Waals surface area contributed by atoms with Gasteiger partial charge in [-0.2, -0.15) is 18.3 Å². The number of aromatic nitrogens is 2. The van der Waals surface area contributed by atoms with E-state index in [-0.39, 0.29) is 5.69 Å². The Morgan fingerprint density at radius 3 is 2.77 bits per heavy atom. The van der Waals surface area contributed by atoms with Gasteiger partial charge in [0.1, 0.15) is 12.3 Å². The molecule has 1 aromatic carbocycles. The van der Waals surface area contributed by atoms with Gasteiger partial charge in [0.25, 0.3) is 5.91 Å². The summed E-state index contributed by atoms with van der Waals surface area (Å²) in [6.07, 6.45) is -2.09. The molecular weight excluding hydrogens is 299 g/mol. The number of rotatable bonds is 5. The lowest BCUT2D eigenvalue weighted by Gasteiger charge is -2.09. The Hall–Kier alpha value is -2.51. The topological polar surface area (TPSA) is 56.1 Å². The summed E-state index contributed by atoms with van der Waals surface area (Å²) in [6, 6.07) is 6.61. The van der Waals surface area contributed by atoms with Crippen LogP contribution in [0.25, 0.3) is 0 Å². The molecule has 8 heteroatoms. The van der Waals surface area contributed by atoms with Gasteiger partial charge in [0.2, 0.25) is 0 Å². The molecule has 0 aliphatic heterocycles. The molecule has 0 fully saturated rings. The minimum absolute atomic E-state index is 0.181. The third-order valence-electron chi connectivity index (χ3n) is 2.66. The van der Waals surface area contributed by atoms with Gasteiger partial charge >= 0.3 is 6.18 Å². The standard InChI is InChI=1S/C14H14F3N3O2/c1-2-22-12-6-4-3-5-11(12)13(21)19-10-7-18-20(8-10)9-14(15,16)17/h3-8H,2,9H2,1H3,(H,19,21). The molecule has 0 spiro atoms. The highest BCUT2D eigenvalue weighted by molar-refractivity contribution is 6.06. The van der Waals surface area contributed by atoms with Gasteiger partial charge in [-0.25, -0.2) is 0 Å². The van der Waals surface area contributed by atoms with Gasteiger partial charge in [0, 0.05) is 6.20 Å². The van der Waals surface area contributed by atoms with Crippen LogP contribution in [0.2, 0.25) is 0 Å². The first-order chi connectivity index (χ1) is 10.4. The number of para-hydroxylation sites is 1. The first-order valence-electron chi connectivity index (χ1n) is 6.51. The van der Waals surface area contributed by atoms with Crippen LogP contribution < -0.4 is 10.1 Å². The number of carbonyl (C=O) groups excluding carboxylic acids is 1. The molecule has 1 heterocycles. The Morgan fingerprint density at radius 1 is 1.36 bits per heavy atom. The van der Waals surface area contributed by atoms with Gasteiger partial charge in [-0.05, 0) is 19.1 Å². The number of nitrogens with zero attached hydrogens (tertiary/aromatic N) is 2. The average molecular weight is 313 g/mol. The van der Waals surface area contributed by atoms with E-state index < -0.39 is 18.6 Å². The molecule has 2 rings (SSSR count). The Bertz CT molecular complexity index is 653. The molecule has 5 nitrogen and oxygen atoms in total. The number of halogens is 3. The zero-order valence-corrected chi connectivity index (χ0v) is 11.7. The summed E-state index contributed by atoms with van der Waals surface area (Å²) < 4.78 is 42.8. The fourth-order valence-corrected chi connectivity index (χ4v) is 1.83. The van der Waals surface area contributed by atoms with Gasteiger partial charge < -0.3 is 10.1 Å². The number of carbonyl (C=O) groups is 1. The van der Waals surface area contributed by atoms with Crippen LogP contribution in [-0.4, -0.2) is 28.5 Å². The fraction of sp³-hybridized carbons (Fsp3) is 0.286. The molecule has 0 aliphatic carbocycles. The van der Waals surface area contributed by atoms with Crippen LogP contribution in [0, 0.1) is 0 Å². The predicted octanol–water partition coefficient (Wildman–Crippen LogP) is 3.10. The summed E-state index contributed by atoms with van der Waals surface area (Å²) in [6.45, 7) is 0.974. The Morgan fingerprint density at radius 2 is 2.09 bits per heavy atom. The van der Waals surface area contributed by atoms with E-state index >= 15 is 0 Å². The van der Waals surface area contributed by atoms with Crippen LogP contribution in [0.15, 0.2) is 36.7 Å². The summed E-state index contributed by atoms with van der Waals surface area (Å²) in [4.78, 5) is 12.2. The van der Waals surface area contributed by atoms with E-state index in [2.05, 4.69) is 10.4 Å². The molecule has 0 saturated heterocycles. The SMILES string of the molecule is CCOc1ccccc1C(=O)Nc1cnn(CC(F)(F)F)c1. The average Bonchev–Trinajstić information content (AvgIpc) is 2.84. The van der Waals surface area contributed by atoms with Gasteiger partial charge in [0.15, 0.2) is 0 Å². The predicted molar refractivity (Wildman–Crippen MR) is 73.8 cm³/mol. The number of alkyl halides is 3. The maximum atomic E-state index is 12.3. The molecule has 0 bridgehead atoms. The number of hydrogen-bond donors (Lipinski definition) is 1. The lowest BCUT2D eigenvalue weighted by atomic mass is 10.2. The Kier molecular flexibility index (Phi) is 4.69. The van der Waals surface area contributed by atoms with Crippen molar-refractivity contribution in [2.24, 2.45) is 0 Å². The zero-order chi connectivity index (χ0) is 16.2. The number of ether oxygens (including phenoxy) is 1. The second-order valence-electron chi connectivity index (χ2n) is 4.43. The van der Waals surface area contributed by atoms with Gasteiger partial charge in [-0.1, -0.05) is 12.1 Å². The molecule has 118 valence electrons. The van der Waals surface area contributed by atoms with E-state index in [1.165, 1.54) is 0 Å². The first kappa shape index (κ1) is 15.9. The minimum Gasteiger partial charge on any atom is -0.493 e. The molecule has 22 heavy (non-hydrogen) atoms. The molecule has 1 amide bonds. The highest BCUT2D eigenvalue weighted by atomic mass is 19.4. The van der Waals surface area contributed by atoms with E-state index in [0.29, 0.717) is 22.6 Å². The van der Waals surface area contributed by atoms with Crippen LogP contribution in [0.1, 0.15) is 17.3 Å². The van der Waals surface area contributed by atoms with E-state index in [1.54, 1.807) is 31.2 Å². The van der Waals surface area contributed by atoms with Crippen LogP contribution >= 0.6 is 0 Å². The van der Waals surface area contributed by atoms with E-state index in [9.17, 15) is 18.0 Å². The molecular formula is C14H14F3N3O2. The van der Waals surface area contributed by atoms with Gasteiger partial charge in [0.05, 0.1) is 24.1 Å². The van der Waals surface area contributed by atoms with Crippen LogP contribution in [0.5, 0.6) is 5.75 Å². The lowest BCUT2D eigenvalue weighted by molar-refractivity contribution is -0.142. The number of benzene rings is 1. The van der Waals surface area contributed by atoms with Crippen molar-refractivity contribution in [3.05, 3.63) is 42.2 Å². The van der Waals surface area contributed by atoms with Crippen LogP contribution in [0.3, 0.4) is 0 Å². The fourth-order valence-electron chi connectivity index (χ4n) is 1.83. The number of nitrogens with one attached hydrogen (secondary N) is 1. The smallest absolute Gasteiger partial charge is 0.408 e. The van der Waals surface area contributed by atoms with Gasteiger partial charge in [-0.3, -0.25) is 9.48 Å². The van der Waals surface area contributed by atoms with E-state index in [4.69, 9.17) is 4.74 Å². The van der Waals surface area contributed by atoms with Crippen LogP contribution in [-0.2, 0) is 6.54 Å². The monoisotopic (exact) mass is 313 g/mol. The third kappa shape index (κ3) is 4.24. The zero-order valence-electron chi connectivity index (χ0n) is 11.7. The molecule has 1 aromatic heterocycles. The van der Waals surface area contributed by atoms with Crippen molar-refractivity contribution < 1.29 is 22.7 Å². The largest absolute Gasteiger partial charge is 0.493 e. The normalized spacial score (nSPS) is 11.3. The maximum Gasteiger partial charge on any atom is 0.408 e. The van der Waals surface area contributed by atoms with Crippen molar-refractivity contribution in [2.45, 2.75) is 19.6 Å². The highest BCUT2D eigenvalue weighted by Gasteiger charge is 2.28. The molecule has 0 saturated carbocycles. The number of hydrogen-bond acceptors (Lipinski definition) is 3. The third-order valence-corrected chi connectivity index (χ3v) is 2.66. The van der Waals surface area contributed by atoms with Crippen molar-refractivity contribution in [3.8, 4) is 5.75 Å². The second-order valence-corrected chi connectivity index (χ2v) is 4.43. The Balaban J connectivity index is 2.09. The summed E-state index contributed by atoms with van der Waals surface area (Å²) in [5.41, 5.74) is 0.480. The highest BCUT2D eigenvalue weighted by Crippen LogP contribution is 2.21. The quantitative estimate of drug-likeness (QED) is 0.923. The van der Waals surface area contributed by atoms with Gasteiger partial charge in [-0.15, -0.1) is 0 Å². The summed E-state index contributed by atoms with van der Waals surface area (Å²) in [5.74, 6) is -0.0687. The van der Waals surface area contributed by atoms with Crippen molar-refractivity contribution >= 4 is 11.6 Å². The number of anilines is 1. The first-order valence-corrected chi connectivity index (χ1v) is 6.51. The van der Waals surface area contributed by atoms with E-state index in [0.717, 1.165) is 12.4 Å².